The van der Waals surface area contributed by atoms with Gasteiger partial charge in [0.05, 0.1) is 12.5 Å². The van der Waals surface area contributed by atoms with Gasteiger partial charge in [0.2, 0.25) is 0 Å². The van der Waals surface area contributed by atoms with E-state index in [0.29, 0.717) is 0 Å². The molecule has 80 valence electrons. The van der Waals surface area contributed by atoms with Crippen LogP contribution < -0.4 is 0 Å². The normalized spacial score (nSPS) is 8.88. The highest BCUT2D eigenvalue weighted by Gasteiger charge is 1.95. The maximum atomic E-state index is 8.38. The molecule has 0 saturated heterocycles. The minimum atomic E-state index is 0.278. The Morgan fingerprint density at radius 3 is 2.12 bits per heavy atom. The van der Waals surface area contributed by atoms with E-state index in [0.717, 1.165) is 5.56 Å². The monoisotopic (exact) mass is 217 g/mol. The van der Waals surface area contributed by atoms with Crippen molar-refractivity contribution in [1.29, 1.82) is 5.26 Å². The lowest BCUT2D eigenvalue weighted by molar-refractivity contribution is 1.39. The number of nitriles is 1. The first kappa shape index (κ1) is 11.0. The molecule has 0 heterocycles. The van der Waals surface area contributed by atoms with E-state index < -0.39 is 0 Å². The van der Waals surface area contributed by atoms with Crippen LogP contribution in [0.4, 0.5) is 0 Å². The molecule has 0 unspecified atom stereocenters. The highest BCUT2D eigenvalue weighted by molar-refractivity contribution is 5.64. The van der Waals surface area contributed by atoms with Crippen LogP contribution in [0, 0.1) is 23.2 Å². The smallest absolute Gasteiger partial charge is 0.0966 e. The predicted octanol–water partition coefficient (Wildman–Crippen LogP) is 3.62. The van der Waals surface area contributed by atoms with Gasteiger partial charge >= 0.3 is 0 Å². The summed E-state index contributed by atoms with van der Waals surface area (Å²) in [6.07, 6.45) is 0.278. The van der Waals surface area contributed by atoms with Crippen LogP contribution in [0.15, 0.2) is 54.6 Å². The Labute approximate surface area is 101 Å². The summed E-state index contributed by atoms with van der Waals surface area (Å²) in [5.74, 6) is 5.75. The van der Waals surface area contributed by atoms with Crippen molar-refractivity contribution in [2.45, 2.75) is 6.42 Å². The highest BCUT2D eigenvalue weighted by Crippen LogP contribution is 2.18. The van der Waals surface area contributed by atoms with Gasteiger partial charge in [0.1, 0.15) is 0 Å². The average molecular weight is 217 g/mol. The van der Waals surface area contributed by atoms with Crippen molar-refractivity contribution in [3.8, 4) is 29.0 Å². The fourth-order valence-electron chi connectivity index (χ4n) is 1.56. The SMILES string of the molecule is N#CCC#Cc1ccc(-c2ccccc2)cc1. The van der Waals surface area contributed by atoms with Crippen molar-refractivity contribution in [2.24, 2.45) is 0 Å². The molecule has 0 aromatic heterocycles. The second-order valence-corrected chi connectivity index (χ2v) is 3.58. The first-order valence-corrected chi connectivity index (χ1v) is 5.41. The van der Waals surface area contributed by atoms with Crippen LogP contribution in [0.3, 0.4) is 0 Å². The van der Waals surface area contributed by atoms with Crippen molar-refractivity contribution in [3.05, 3.63) is 60.2 Å². The topological polar surface area (TPSA) is 23.8 Å². The molecule has 0 fully saturated rings. The summed E-state index contributed by atoms with van der Waals surface area (Å²) in [7, 11) is 0. The van der Waals surface area contributed by atoms with Gasteiger partial charge in [-0.1, -0.05) is 54.3 Å². The number of nitrogens with zero attached hydrogens (tertiary/aromatic N) is 1. The second kappa shape index (κ2) is 5.54. The molecule has 0 amide bonds. The Bertz CT molecular complexity index is 577. The molecule has 17 heavy (non-hydrogen) atoms. The third kappa shape index (κ3) is 2.97. The van der Waals surface area contributed by atoms with E-state index in [-0.39, 0.29) is 6.42 Å². The molecule has 0 atom stereocenters. The molecule has 1 heteroatoms. The second-order valence-electron chi connectivity index (χ2n) is 3.58. The maximum absolute atomic E-state index is 8.38. The van der Waals surface area contributed by atoms with E-state index in [1.54, 1.807) is 0 Å². The molecular formula is C16H11N. The van der Waals surface area contributed by atoms with E-state index in [2.05, 4.69) is 24.0 Å². The van der Waals surface area contributed by atoms with Crippen LogP contribution in [0.5, 0.6) is 0 Å². The molecule has 0 N–H and O–H groups in total. The third-order valence-corrected chi connectivity index (χ3v) is 2.39. The standard InChI is InChI=1S/C16H11N/c17-13-5-4-6-14-9-11-16(12-10-14)15-7-2-1-3-8-15/h1-3,7-12H,5H2. The molecule has 0 bridgehead atoms. The van der Waals surface area contributed by atoms with Crippen LogP contribution in [-0.2, 0) is 0 Å². The van der Waals surface area contributed by atoms with Gasteiger partial charge < -0.3 is 0 Å². The first-order valence-electron chi connectivity index (χ1n) is 5.41. The molecule has 0 aliphatic heterocycles. The van der Waals surface area contributed by atoms with Gasteiger partial charge in [-0.2, -0.15) is 5.26 Å². The zero-order chi connectivity index (χ0) is 11.9. The lowest BCUT2D eigenvalue weighted by Gasteiger charge is -2.00. The minimum Gasteiger partial charge on any atom is -0.197 e. The van der Waals surface area contributed by atoms with Gasteiger partial charge in [0, 0.05) is 5.56 Å². The lowest BCUT2D eigenvalue weighted by atomic mass is 10.0. The number of hydrogen-bond acceptors (Lipinski definition) is 1. The molecule has 2 rings (SSSR count). The van der Waals surface area contributed by atoms with Crippen molar-refractivity contribution < 1.29 is 0 Å². The summed E-state index contributed by atoms with van der Waals surface area (Å²) in [4.78, 5) is 0. The molecule has 2 aromatic carbocycles. The van der Waals surface area contributed by atoms with E-state index in [9.17, 15) is 0 Å². The highest BCUT2D eigenvalue weighted by atomic mass is 14.2. The predicted molar refractivity (Wildman–Crippen MR) is 69.0 cm³/mol. The Morgan fingerprint density at radius 1 is 0.824 bits per heavy atom. The summed E-state index contributed by atoms with van der Waals surface area (Å²) in [5.41, 5.74) is 3.32. The van der Waals surface area contributed by atoms with E-state index in [4.69, 9.17) is 5.26 Å². The van der Waals surface area contributed by atoms with Crippen LogP contribution in [-0.4, -0.2) is 0 Å². The van der Waals surface area contributed by atoms with Crippen LogP contribution in [0.25, 0.3) is 11.1 Å². The van der Waals surface area contributed by atoms with E-state index in [1.807, 2.05) is 48.5 Å². The molecule has 2 aromatic rings. The Morgan fingerprint density at radius 2 is 1.47 bits per heavy atom. The van der Waals surface area contributed by atoms with Crippen LogP contribution in [0.1, 0.15) is 12.0 Å². The molecule has 0 aliphatic rings. The van der Waals surface area contributed by atoms with Crippen molar-refractivity contribution in [1.82, 2.24) is 0 Å². The van der Waals surface area contributed by atoms with Gasteiger partial charge in [-0.25, -0.2) is 0 Å². The fourth-order valence-corrected chi connectivity index (χ4v) is 1.56. The van der Waals surface area contributed by atoms with E-state index in [1.165, 1.54) is 11.1 Å². The van der Waals surface area contributed by atoms with Gasteiger partial charge in [-0.05, 0) is 23.3 Å². The molecule has 0 saturated carbocycles. The zero-order valence-electron chi connectivity index (χ0n) is 9.35. The molecule has 1 nitrogen and oxygen atoms in total. The summed E-state index contributed by atoms with van der Waals surface area (Å²) < 4.78 is 0. The van der Waals surface area contributed by atoms with Crippen LogP contribution in [0.2, 0.25) is 0 Å². The van der Waals surface area contributed by atoms with Crippen molar-refractivity contribution >= 4 is 0 Å². The van der Waals surface area contributed by atoms with Crippen LogP contribution >= 0.6 is 0 Å². The average Bonchev–Trinajstić information content (AvgIpc) is 2.41. The number of hydrogen-bond donors (Lipinski definition) is 0. The quantitative estimate of drug-likeness (QED) is 0.669. The Kier molecular flexibility index (Phi) is 3.58. The zero-order valence-corrected chi connectivity index (χ0v) is 9.35. The number of rotatable bonds is 1. The van der Waals surface area contributed by atoms with Gasteiger partial charge in [-0.15, -0.1) is 0 Å². The summed E-state index contributed by atoms with van der Waals surface area (Å²) in [5, 5.41) is 8.38. The lowest BCUT2D eigenvalue weighted by Crippen LogP contribution is -1.78. The largest absolute Gasteiger partial charge is 0.197 e. The van der Waals surface area contributed by atoms with Crippen molar-refractivity contribution in [3.63, 3.8) is 0 Å². The fraction of sp³-hybridized carbons (Fsp3) is 0.0625. The van der Waals surface area contributed by atoms with Gasteiger partial charge in [-0.3, -0.25) is 0 Å². The van der Waals surface area contributed by atoms with Gasteiger partial charge in [0.25, 0.3) is 0 Å². The third-order valence-electron chi connectivity index (χ3n) is 2.39. The molecule has 0 aliphatic carbocycles. The summed E-state index contributed by atoms with van der Waals surface area (Å²) in [6.45, 7) is 0. The Balaban J connectivity index is 2.21. The van der Waals surface area contributed by atoms with Gasteiger partial charge in [0.15, 0.2) is 0 Å². The molecular weight excluding hydrogens is 206 g/mol. The maximum Gasteiger partial charge on any atom is 0.0966 e. The molecule has 0 spiro atoms. The Hall–Kier alpha value is -2.51. The minimum absolute atomic E-state index is 0.278. The van der Waals surface area contributed by atoms with E-state index >= 15 is 0 Å². The molecule has 0 radical (unpaired) electrons. The summed E-state index contributed by atoms with van der Waals surface area (Å²) in [6, 6.07) is 20.3. The number of benzene rings is 2. The van der Waals surface area contributed by atoms with Crippen molar-refractivity contribution in [2.75, 3.05) is 0 Å². The summed E-state index contributed by atoms with van der Waals surface area (Å²) >= 11 is 0. The first-order chi connectivity index (χ1) is 8.40.